The molecule has 0 aliphatic carbocycles. The van der Waals surface area contributed by atoms with Gasteiger partial charge in [-0.15, -0.1) is 0 Å². The lowest BCUT2D eigenvalue weighted by atomic mass is 10.1. The van der Waals surface area contributed by atoms with Gasteiger partial charge in [-0.2, -0.15) is 5.10 Å². The summed E-state index contributed by atoms with van der Waals surface area (Å²) in [5.41, 5.74) is 2.84. The van der Waals surface area contributed by atoms with E-state index in [4.69, 9.17) is 0 Å². The Labute approximate surface area is 158 Å². The van der Waals surface area contributed by atoms with Crippen LogP contribution in [0.15, 0.2) is 55.1 Å². The van der Waals surface area contributed by atoms with Crippen molar-refractivity contribution in [2.45, 2.75) is 13.5 Å². The molecule has 0 atom stereocenters. The second-order valence-corrected chi connectivity index (χ2v) is 6.49. The van der Waals surface area contributed by atoms with Gasteiger partial charge in [0.25, 0.3) is 5.91 Å². The molecule has 1 aromatic carbocycles. The Morgan fingerprint density at radius 2 is 1.70 bits per heavy atom. The molecule has 3 heterocycles. The lowest BCUT2D eigenvalue weighted by Crippen LogP contribution is -2.49. The molecule has 0 radical (unpaired) electrons. The van der Waals surface area contributed by atoms with Crippen LogP contribution in [0.1, 0.15) is 17.3 Å². The van der Waals surface area contributed by atoms with Crippen LogP contribution in [-0.4, -0.2) is 56.7 Å². The molecule has 1 fully saturated rings. The molecule has 0 N–H and O–H groups in total. The van der Waals surface area contributed by atoms with Gasteiger partial charge in [0.05, 0.1) is 6.20 Å². The number of hydrogen-bond acceptors (Lipinski definition) is 5. The number of piperazine rings is 1. The van der Waals surface area contributed by atoms with Gasteiger partial charge in [0.15, 0.2) is 0 Å². The summed E-state index contributed by atoms with van der Waals surface area (Å²) < 4.78 is 1.89. The molecule has 7 nitrogen and oxygen atoms in total. The number of anilines is 1. The zero-order valence-electron chi connectivity index (χ0n) is 15.3. The van der Waals surface area contributed by atoms with Gasteiger partial charge in [-0.25, -0.2) is 9.97 Å². The number of aryl methyl sites for hydroxylation is 1. The van der Waals surface area contributed by atoms with E-state index < -0.39 is 0 Å². The monoisotopic (exact) mass is 362 g/mol. The van der Waals surface area contributed by atoms with E-state index in [-0.39, 0.29) is 5.91 Å². The van der Waals surface area contributed by atoms with Crippen molar-refractivity contribution in [2.75, 3.05) is 31.1 Å². The van der Waals surface area contributed by atoms with Crippen molar-refractivity contribution in [1.29, 1.82) is 0 Å². The molecule has 1 amide bonds. The Kier molecular flexibility index (Phi) is 4.82. The molecule has 138 valence electrons. The van der Waals surface area contributed by atoms with Gasteiger partial charge < -0.3 is 9.80 Å². The molecule has 0 bridgehead atoms. The highest BCUT2D eigenvalue weighted by Crippen LogP contribution is 2.20. The lowest BCUT2D eigenvalue weighted by molar-refractivity contribution is 0.0746. The molecule has 0 unspecified atom stereocenters. The van der Waals surface area contributed by atoms with E-state index >= 15 is 0 Å². The Morgan fingerprint density at radius 1 is 1.00 bits per heavy atom. The standard InChI is InChI=1S/C20H22N6O/c1-2-26-15-18(14-23-26)16-4-6-17(7-5-16)19(27)24-10-12-25(13-11-24)20-21-8-3-9-22-20/h3-9,14-15H,2,10-13H2,1H3. The Hall–Kier alpha value is -3.22. The summed E-state index contributed by atoms with van der Waals surface area (Å²) in [7, 11) is 0. The van der Waals surface area contributed by atoms with Crippen LogP contribution in [-0.2, 0) is 6.54 Å². The second kappa shape index (κ2) is 7.57. The van der Waals surface area contributed by atoms with E-state index in [1.165, 1.54) is 0 Å². The fourth-order valence-electron chi connectivity index (χ4n) is 3.24. The van der Waals surface area contributed by atoms with Gasteiger partial charge in [-0.05, 0) is 30.7 Å². The highest BCUT2D eigenvalue weighted by Gasteiger charge is 2.23. The zero-order chi connectivity index (χ0) is 18.6. The summed E-state index contributed by atoms with van der Waals surface area (Å²) in [5, 5.41) is 4.30. The number of rotatable bonds is 4. The first-order chi connectivity index (χ1) is 13.2. The number of carbonyl (C=O) groups is 1. The van der Waals surface area contributed by atoms with Crippen LogP contribution in [0.4, 0.5) is 5.95 Å². The minimum atomic E-state index is 0.0689. The molecule has 4 rings (SSSR count). The summed E-state index contributed by atoms with van der Waals surface area (Å²) in [5.74, 6) is 0.793. The highest BCUT2D eigenvalue weighted by atomic mass is 16.2. The quantitative estimate of drug-likeness (QED) is 0.713. The van der Waals surface area contributed by atoms with Crippen molar-refractivity contribution < 1.29 is 4.79 Å². The first-order valence-corrected chi connectivity index (χ1v) is 9.18. The maximum atomic E-state index is 12.8. The fraction of sp³-hybridized carbons (Fsp3) is 0.300. The maximum Gasteiger partial charge on any atom is 0.253 e. The average Bonchev–Trinajstić information content (AvgIpc) is 3.23. The lowest BCUT2D eigenvalue weighted by Gasteiger charge is -2.34. The van der Waals surface area contributed by atoms with Gasteiger partial charge in [0.1, 0.15) is 0 Å². The molecule has 1 saturated heterocycles. The van der Waals surface area contributed by atoms with E-state index in [9.17, 15) is 4.79 Å². The molecule has 1 aliphatic heterocycles. The van der Waals surface area contributed by atoms with Crippen LogP contribution in [0.25, 0.3) is 11.1 Å². The van der Waals surface area contributed by atoms with Crippen LogP contribution in [0.5, 0.6) is 0 Å². The van der Waals surface area contributed by atoms with Crippen molar-refractivity contribution >= 4 is 11.9 Å². The van der Waals surface area contributed by atoms with E-state index in [0.29, 0.717) is 18.7 Å². The average molecular weight is 362 g/mol. The number of nitrogens with zero attached hydrogens (tertiary/aromatic N) is 6. The molecule has 27 heavy (non-hydrogen) atoms. The van der Waals surface area contributed by atoms with Crippen LogP contribution in [0.3, 0.4) is 0 Å². The van der Waals surface area contributed by atoms with Gasteiger partial charge in [0.2, 0.25) is 5.95 Å². The molecular weight excluding hydrogens is 340 g/mol. The largest absolute Gasteiger partial charge is 0.337 e. The third-order valence-electron chi connectivity index (χ3n) is 4.82. The summed E-state index contributed by atoms with van der Waals surface area (Å²) in [6, 6.07) is 9.57. The van der Waals surface area contributed by atoms with Gasteiger partial charge >= 0.3 is 0 Å². The van der Waals surface area contributed by atoms with Crippen molar-refractivity contribution in [3.8, 4) is 11.1 Å². The molecule has 3 aromatic rings. The molecule has 7 heteroatoms. The fourth-order valence-corrected chi connectivity index (χ4v) is 3.24. The second-order valence-electron chi connectivity index (χ2n) is 6.49. The topological polar surface area (TPSA) is 67.2 Å². The van der Waals surface area contributed by atoms with Crippen LogP contribution >= 0.6 is 0 Å². The normalized spacial score (nSPS) is 14.4. The van der Waals surface area contributed by atoms with Gasteiger partial charge in [-0.1, -0.05) is 12.1 Å². The van der Waals surface area contributed by atoms with E-state index in [2.05, 4.69) is 26.9 Å². The SMILES string of the molecule is CCn1cc(-c2ccc(C(=O)N3CCN(c4ncccn4)CC3)cc2)cn1. The summed E-state index contributed by atoms with van der Waals surface area (Å²) in [4.78, 5) is 25.4. The summed E-state index contributed by atoms with van der Waals surface area (Å²) in [6.07, 6.45) is 7.35. The number of carbonyl (C=O) groups excluding carboxylic acids is 1. The molecule has 2 aromatic heterocycles. The van der Waals surface area contributed by atoms with Crippen molar-refractivity contribution in [1.82, 2.24) is 24.6 Å². The number of hydrogen-bond donors (Lipinski definition) is 0. The Morgan fingerprint density at radius 3 is 2.33 bits per heavy atom. The van der Waals surface area contributed by atoms with Crippen molar-refractivity contribution in [3.63, 3.8) is 0 Å². The summed E-state index contributed by atoms with van der Waals surface area (Å²) in [6.45, 7) is 5.72. The Bertz CT molecular complexity index is 898. The first kappa shape index (κ1) is 17.2. The smallest absolute Gasteiger partial charge is 0.253 e. The van der Waals surface area contributed by atoms with Crippen molar-refractivity contribution in [3.05, 3.63) is 60.7 Å². The van der Waals surface area contributed by atoms with E-state index in [1.807, 2.05) is 46.2 Å². The zero-order valence-corrected chi connectivity index (χ0v) is 15.3. The predicted octanol–water partition coefficient (Wildman–Crippen LogP) is 2.32. The Balaban J connectivity index is 1.40. The molecule has 1 aliphatic rings. The third-order valence-corrected chi connectivity index (χ3v) is 4.82. The summed E-state index contributed by atoms with van der Waals surface area (Å²) >= 11 is 0. The number of aromatic nitrogens is 4. The highest BCUT2D eigenvalue weighted by molar-refractivity contribution is 5.94. The predicted molar refractivity (Wildman–Crippen MR) is 103 cm³/mol. The minimum Gasteiger partial charge on any atom is -0.337 e. The van der Waals surface area contributed by atoms with Crippen LogP contribution in [0, 0.1) is 0 Å². The van der Waals surface area contributed by atoms with E-state index in [1.54, 1.807) is 18.5 Å². The maximum absolute atomic E-state index is 12.8. The molecule has 0 saturated carbocycles. The first-order valence-electron chi connectivity index (χ1n) is 9.18. The molecular formula is C20H22N6O. The van der Waals surface area contributed by atoms with Crippen molar-refractivity contribution in [2.24, 2.45) is 0 Å². The third kappa shape index (κ3) is 3.67. The van der Waals surface area contributed by atoms with Gasteiger partial charge in [-0.3, -0.25) is 9.48 Å². The number of benzene rings is 1. The molecule has 0 spiro atoms. The van der Waals surface area contributed by atoms with Gasteiger partial charge in [0, 0.05) is 62.4 Å². The number of amides is 1. The van der Waals surface area contributed by atoms with Crippen LogP contribution in [0.2, 0.25) is 0 Å². The van der Waals surface area contributed by atoms with E-state index in [0.717, 1.165) is 36.7 Å². The van der Waals surface area contributed by atoms with Crippen LogP contribution < -0.4 is 4.90 Å². The minimum absolute atomic E-state index is 0.0689.